The molecule has 0 spiro atoms. The molecule has 0 aromatic heterocycles. The molecule has 2 amide bonds. The van der Waals surface area contributed by atoms with E-state index in [9.17, 15) is 9.59 Å². The van der Waals surface area contributed by atoms with Crippen LogP contribution in [-0.2, 0) is 4.79 Å². The number of carbonyl (C=O) groups excluding carboxylic acids is 2. The molecular formula is C17H21N3O2S. The van der Waals surface area contributed by atoms with Crippen molar-refractivity contribution in [2.75, 3.05) is 24.2 Å². The summed E-state index contributed by atoms with van der Waals surface area (Å²) in [5, 5.41) is 5.99. The van der Waals surface area contributed by atoms with Gasteiger partial charge in [-0.1, -0.05) is 0 Å². The number of hydrogen-bond acceptors (Lipinski definition) is 4. The monoisotopic (exact) mass is 331 g/mol. The Kier molecular flexibility index (Phi) is 4.03. The molecule has 0 bridgehead atoms. The predicted molar refractivity (Wildman–Crippen MR) is 90.9 cm³/mol. The Labute approximate surface area is 140 Å². The lowest BCUT2D eigenvalue weighted by Crippen LogP contribution is -2.45. The number of thioether (sulfide) groups is 1. The number of anilines is 1. The summed E-state index contributed by atoms with van der Waals surface area (Å²) in [5.41, 5.74) is 1.37. The molecule has 2 heterocycles. The highest BCUT2D eigenvalue weighted by molar-refractivity contribution is 8.00. The van der Waals surface area contributed by atoms with Crippen LogP contribution in [0.3, 0.4) is 0 Å². The van der Waals surface area contributed by atoms with Gasteiger partial charge in [-0.25, -0.2) is 0 Å². The van der Waals surface area contributed by atoms with Crippen LogP contribution in [0.5, 0.6) is 0 Å². The average Bonchev–Trinajstić information content (AvgIpc) is 3.40. The third kappa shape index (κ3) is 3.38. The first kappa shape index (κ1) is 15.0. The van der Waals surface area contributed by atoms with E-state index in [4.69, 9.17) is 0 Å². The second-order valence-electron chi connectivity index (χ2n) is 6.56. The highest BCUT2D eigenvalue weighted by atomic mass is 32.2. The summed E-state index contributed by atoms with van der Waals surface area (Å²) < 4.78 is 0. The van der Waals surface area contributed by atoms with Crippen LogP contribution in [0.25, 0.3) is 0 Å². The molecule has 0 radical (unpaired) electrons. The summed E-state index contributed by atoms with van der Waals surface area (Å²) in [6, 6.07) is 6.63. The average molecular weight is 331 g/mol. The number of amides is 2. The van der Waals surface area contributed by atoms with E-state index < -0.39 is 0 Å². The van der Waals surface area contributed by atoms with Crippen molar-refractivity contribution in [3.63, 3.8) is 0 Å². The van der Waals surface area contributed by atoms with Crippen LogP contribution in [0.15, 0.2) is 23.1 Å². The standard InChI is InChI=1S/C17H21N3O2S/c21-16-10-23-15-4-1-11(9-14(15)19-16)17(22)18-12-5-7-20(8-6-12)13-2-3-13/h1,4,9,12-13H,2-3,5-8,10H2,(H,18,22)(H,19,21). The minimum atomic E-state index is -0.0394. The quantitative estimate of drug-likeness (QED) is 0.890. The number of benzene rings is 1. The smallest absolute Gasteiger partial charge is 0.251 e. The fourth-order valence-corrected chi connectivity index (χ4v) is 4.13. The maximum atomic E-state index is 12.5. The molecule has 2 fully saturated rings. The normalized spacial score (nSPS) is 22.3. The number of piperidine rings is 1. The van der Waals surface area contributed by atoms with Crippen molar-refractivity contribution in [1.82, 2.24) is 10.2 Å². The van der Waals surface area contributed by atoms with Crippen molar-refractivity contribution < 1.29 is 9.59 Å². The first-order chi connectivity index (χ1) is 11.2. The van der Waals surface area contributed by atoms with Gasteiger partial charge in [0.1, 0.15) is 0 Å². The fourth-order valence-electron chi connectivity index (χ4n) is 3.34. The maximum absolute atomic E-state index is 12.5. The lowest BCUT2D eigenvalue weighted by Gasteiger charge is -2.32. The molecule has 0 unspecified atom stereocenters. The Morgan fingerprint density at radius 1 is 1.22 bits per heavy atom. The van der Waals surface area contributed by atoms with Crippen LogP contribution in [0.1, 0.15) is 36.0 Å². The predicted octanol–water partition coefficient (Wildman–Crippen LogP) is 2.09. The van der Waals surface area contributed by atoms with Crippen molar-refractivity contribution in [2.45, 2.75) is 42.7 Å². The van der Waals surface area contributed by atoms with Gasteiger partial charge in [-0.3, -0.25) is 9.59 Å². The van der Waals surface area contributed by atoms with Gasteiger partial charge in [0.2, 0.25) is 5.91 Å². The molecule has 1 saturated heterocycles. The Hall–Kier alpha value is -1.53. The van der Waals surface area contributed by atoms with E-state index in [-0.39, 0.29) is 17.9 Å². The summed E-state index contributed by atoms with van der Waals surface area (Å²) >= 11 is 1.51. The van der Waals surface area contributed by atoms with E-state index >= 15 is 0 Å². The Morgan fingerprint density at radius 2 is 2.00 bits per heavy atom. The molecule has 2 N–H and O–H groups in total. The number of carbonyl (C=O) groups is 2. The number of fused-ring (bicyclic) bond motifs is 1. The van der Waals surface area contributed by atoms with E-state index in [1.807, 2.05) is 12.1 Å². The molecule has 2 aliphatic heterocycles. The molecule has 0 atom stereocenters. The summed E-state index contributed by atoms with van der Waals surface area (Å²) in [6.07, 6.45) is 4.74. The molecule has 3 aliphatic rings. The molecule has 1 aromatic rings. The Balaban J connectivity index is 1.37. The van der Waals surface area contributed by atoms with Crippen LogP contribution >= 0.6 is 11.8 Å². The van der Waals surface area contributed by atoms with E-state index in [0.29, 0.717) is 11.3 Å². The van der Waals surface area contributed by atoms with Gasteiger partial charge in [-0.2, -0.15) is 0 Å². The van der Waals surface area contributed by atoms with Crippen molar-refractivity contribution in [2.24, 2.45) is 0 Å². The minimum absolute atomic E-state index is 0.00694. The van der Waals surface area contributed by atoms with Crippen molar-refractivity contribution in [3.8, 4) is 0 Å². The first-order valence-electron chi connectivity index (χ1n) is 8.30. The molecule has 6 heteroatoms. The molecule has 1 aromatic carbocycles. The first-order valence-corrected chi connectivity index (χ1v) is 9.29. The molecular weight excluding hydrogens is 310 g/mol. The molecule has 1 saturated carbocycles. The number of nitrogens with zero attached hydrogens (tertiary/aromatic N) is 1. The number of hydrogen-bond donors (Lipinski definition) is 2. The van der Waals surface area contributed by atoms with E-state index in [0.717, 1.165) is 42.6 Å². The minimum Gasteiger partial charge on any atom is -0.349 e. The third-order valence-corrected chi connectivity index (χ3v) is 5.88. The molecule has 1 aliphatic carbocycles. The Bertz CT molecular complexity index is 637. The highest BCUT2D eigenvalue weighted by Crippen LogP contribution is 2.32. The van der Waals surface area contributed by atoms with Crippen LogP contribution < -0.4 is 10.6 Å². The summed E-state index contributed by atoms with van der Waals surface area (Å²) in [7, 11) is 0. The van der Waals surface area contributed by atoms with Gasteiger partial charge in [-0.05, 0) is 43.9 Å². The van der Waals surface area contributed by atoms with Crippen LogP contribution in [0, 0.1) is 0 Å². The highest BCUT2D eigenvalue weighted by Gasteiger charge is 2.32. The largest absolute Gasteiger partial charge is 0.349 e. The van der Waals surface area contributed by atoms with Gasteiger partial charge in [0, 0.05) is 35.6 Å². The number of rotatable bonds is 3. The maximum Gasteiger partial charge on any atom is 0.251 e. The summed E-state index contributed by atoms with van der Waals surface area (Å²) in [5.74, 6) is 0.396. The van der Waals surface area contributed by atoms with Crippen molar-refractivity contribution >= 4 is 29.3 Å². The molecule has 23 heavy (non-hydrogen) atoms. The third-order valence-electron chi connectivity index (χ3n) is 4.80. The second kappa shape index (κ2) is 6.17. The van der Waals surface area contributed by atoms with Crippen LogP contribution in [0.2, 0.25) is 0 Å². The second-order valence-corrected chi connectivity index (χ2v) is 7.58. The zero-order valence-electron chi connectivity index (χ0n) is 13.0. The lowest BCUT2D eigenvalue weighted by atomic mass is 10.0. The van der Waals surface area contributed by atoms with E-state index in [1.165, 1.54) is 24.6 Å². The van der Waals surface area contributed by atoms with Gasteiger partial charge in [0.15, 0.2) is 0 Å². The zero-order chi connectivity index (χ0) is 15.8. The van der Waals surface area contributed by atoms with E-state index in [2.05, 4.69) is 15.5 Å². The van der Waals surface area contributed by atoms with Gasteiger partial charge in [0.25, 0.3) is 5.91 Å². The van der Waals surface area contributed by atoms with Gasteiger partial charge < -0.3 is 15.5 Å². The number of nitrogens with one attached hydrogen (secondary N) is 2. The lowest BCUT2D eigenvalue weighted by molar-refractivity contribution is -0.113. The molecule has 122 valence electrons. The van der Waals surface area contributed by atoms with Gasteiger partial charge >= 0.3 is 0 Å². The Morgan fingerprint density at radius 3 is 2.74 bits per heavy atom. The van der Waals surface area contributed by atoms with Crippen LogP contribution in [0.4, 0.5) is 5.69 Å². The SMILES string of the molecule is O=C1CSc2ccc(C(=O)NC3CCN(C4CC4)CC3)cc2N1. The molecule has 4 rings (SSSR count). The number of likely N-dealkylation sites (tertiary alicyclic amines) is 1. The van der Waals surface area contributed by atoms with Crippen LogP contribution in [-0.4, -0.2) is 47.6 Å². The topological polar surface area (TPSA) is 61.4 Å². The molecule has 5 nitrogen and oxygen atoms in total. The van der Waals surface area contributed by atoms with Gasteiger partial charge in [-0.15, -0.1) is 11.8 Å². The summed E-state index contributed by atoms with van der Waals surface area (Å²) in [6.45, 7) is 2.18. The van der Waals surface area contributed by atoms with Gasteiger partial charge in [0.05, 0.1) is 11.4 Å². The summed E-state index contributed by atoms with van der Waals surface area (Å²) in [4.78, 5) is 27.5. The van der Waals surface area contributed by atoms with Crippen molar-refractivity contribution in [3.05, 3.63) is 23.8 Å². The van der Waals surface area contributed by atoms with Crippen molar-refractivity contribution in [1.29, 1.82) is 0 Å². The fraction of sp³-hybridized carbons (Fsp3) is 0.529. The van der Waals surface area contributed by atoms with E-state index in [1.54, 1.807) is 6.07 Å². The zero-order valence-corrected chi connectivity index (χ0v) is 13.8.